The molecule has 0 N–H and O–H groups in total. The first-order valence-corrected chi connectivity index (χ1v) is 5.69. The highest BCUT2D eigenvalue weighted by molar-refractivity contribution is 9.10. The third-order valence-electron chi connectivity index (χ3n) is 1.73. The molecular formula is C11H10BrClO4. The van der Waals surface area contributed by atoms with Crippen molar-refractivity contribution in [2.45, 2.75) is 0 Å². The van der Waals surface area contributed by atoms with Gasteiger partial charge in [-0.2, -0.15) is 0 Å². The van der Waals surface area contributed by atoms with Gasteiger partial charge in [0.05, 0.1) is 18.7 Å². The highest BCUT2D eigenvalue weighted by Gasteiger charge is 2.14. The van der Waals surface area contributed by atoms with Crippen LogP contribution in [0.4, 0.5) is 0 Å². The van der Waals surface area contributed by atoms with E-state index in [0.717, 1.165) is 6.26 Å². The number of methoxy groups -OCH3 is 2. The summed E-state index contributed by atoms with van der Waals surface area (Å²) >= 11 is 9.06. The Hall–Kier alpha value is -1.20. The molecule has 0 aromatic heterocycles. The van der Waals surface area contributed by atoms with Crippen molar-refractivity contribution in [1.29, 1.82) is 0 Å². The van der Waals surface area contributed by atoms with E-state index in [1.807, 2.05) is 0 Å². The second kappa shape index (κ2) is 6.51. The highest BCUT2D eigenvalue weighted by atomic mass is 79.9. The van der Waals surface area contributed by atoms with E-state index in [1.54, 1.807) is 18.2 Å². The number of carbonyl (C=O) groups is 1. The lowest BCUT2D eigenvalue weighted by Crippen LogP contribution is -2.11. The molecule has 0 aliphatic carbocycles. The van der Waals surface area contributed by atoms with Crippen LogP contribution in [0.5, 0.6) is 5.75 Å². The lowest BCUT2D eigenvalue weighted by atomic mass is 10.3. The van der Waals surface area contributed by atoms with E-state index >= 15 is 0 Å². The largest absolute Gasteiger partial charge is 0.500 e. The minimum Gasteiger partial charge on any atom is -0.500 e. The summed E-state index contributed by atoms with van der Waals surface area (Å²) in [6, 6.07) is 4.92. The summed E-state index contributed by atoms with van der Waals surface area (Å²) in [5, 5.41) is 0.555. The molecule has 0 fully saturated rings. The molecule has 0 bridgehead atoms. The topological polar surface area (TPSA) is 44.8 Å². The van der Waals surface area contributed by atoms with Gasteiger partial charge in [-0.05, 0) is 34.1 Å². The van der Waals surface area contributed by atoms with Crippen LogP contribution in [-0.4, -0.2) is 20.2 Å². The molecule has 1 aromatic carbocycles. The van der Waals surface area contributed by atoms with Crippen molar-refractivity contribution in [3.05, 3.63) is 39.7 Å². The third-order valence-corrected chi connectivity index (χ3v) is 2.58. The number of hydrogen-bond acceptors (Lipinski definition) is 4. The van der Waals surface area contributed by atoms with Crippen LogP contribution in [0.25, 0.3) is 0 Å². The van der Waals surface area contributed by atoms with E-state index in [1.165, 1.54) is 14.2 Å². The molecule has 0 radical (unpaired) electrons. The molecule has 0 unspecified atom stereocenters. The SMILES string of the molecule is CO/C=C(\Oc1ccc(Cl)cc1Br)C(=O)OC. The van der Waals surface area contributed by atoms with Crippen molar-refractivity contribution < 1.29 is 19.0 Å². The molecule has 0 saturated carbocycles. The van der Waals surface area contributed by atoms with Gasteiger partial charge in [0.25, 0.3) is 0 Å². The zero-order chi connectivity index (χ0) is 12.8. The fourth-order valence-corrected chi connectivity index (χ4v) is 1.76. The Bertz CT molecular complexity index is 445. The predicted octanol–water partition coefficient (Wildman–Crippen LogP) is 3.14. The predicted molar refractivity (Wildman–Crippen MR) is 66.9 cm³/mol. The summed E-state index contributed by atoms with van der Waals surface area (Å²) < 4.78 is 15.3. The zero-order valence-electron chi connectivity index (χ0n) is 9.20. The minimum absolute atomic E-state index is 0.0574. The maximum atomic E-state index is 11.3. The summed E-state index contributed by atoms with van der Waals surface area (Å²) in [5.41, 5.74) is 0. The smallest absolute Gasteiger partial charge is 0.377 e. The molecule has 1 aromatic rings. The van der Waals surface area contributed by atoms with E-state index < -0.39 is 5.97 Å². The van der Waals surface area contributed by atoms with Crippen LogP contribution in [0.1, 0.15) is 0 Å². The third kappa shape index (κ3) is 3.94. The molecule has 0 heterocycles. The van der Waals surface area contributed by atoms with E-state index in [-0.39, 0.29) is 5.76 Å². The second-order valence-electron chi connectivity index (χ2n) is 2.89. The van der Waals surface area contributed by atoms with Crippen molar-refractivity contribution >= 4 is 33.5 Å². The molecule has 0 aliphatic heterocycles. The number of halogens is 2. The Morgan fingerprint density at radius 2 is 2.12 bits per heavy atom. The molecule has 17 heavy (non-hydrogen) atoms. The van der Waals surface area contributed by atoms with Gasteiger partial charge in [0.1, 0.15) is 12.0 Å². The van der Waals surface area contributed by atoms with E-state index in [9.17, 15) is 4.79 Å². The average molecular weight is 322 g/mol. The fourth-order valence-electron chi connectivity index (χ4n) is 0.998. The van der Waals surface area contributed by atoms with Crippen LogP contribution in [0.3, 0.4) is 0 Å². The first kappa shape index (κ1) is 13.9. The quantitative estimate of drug-likeness (QED) is 0.485. The first-order valence-electron chi connectivity index (χ1n) is 4.52. The lowest BCUT2D eigenvalue weighted by molar-refractivity contribution is -0.138. The van der Waals surface area contributed by atoms with Crippen LogP contribution in [0.2, 0.25) is 5.02 Å². The standard InChI is InChI=1S/C11H10BrClO4/c1-15-6-10(11(14)16-2)17-9-4-3-7(13)5-8(9)12/h3-6H,1-2H3/b10-6-. The number of esters is 1. The van der Waals surface area contributed by atoms with Crippen molar-refractivity contribution in [3.8, 4) is 5.75 Å². The molecule has 0 atom stereocenters. The van der Waals surface area contributed by atoms with E-state index in [2.05, 4.69) is 20.7 Å². The summed E-state index contributed by atoms with van der Waals surface area (Å²) in [7, 11) is 2.66. The monoisotopic (exact) mass is 320 g/mol. The van der Waals surface area contributed by atoms with Gasteiger partial charge in [0, 0.05) is 5.02 Å². The van der Waals surface area contributed by atoms with Crippen LogP contribution in [0.15, 0.2) is 34.7 Å². The van der Waals surface area contributed by atoms with Gasteiger partial charge in [-0.15, -0.1) is 0 Å². The Balaban J connectivity index is 2.94. The number of hydrogen-bond donors (Lipinski definition) is 0. The summed E-state index contributed by atoms with van der Waals surface area (Å²) in [5.74, 6) is -0.255. The Labute approximate surface area is 112 Å². The molecule has 6 heteroatoms. The van der Waals surface area contributed by atoms with Gasteiger partial charge in [-0.1, -0.05) is 11.6 Å². The van der Waals surface area contributed by atoms with Crippen LogP contribution in [-0.2, 0) is 14.3 Å². The molecule has 92 valence electrons. The average Bonchev–Trinajstić information content (AvgIpc) is 2.30. The lowest BCUT2D eigenvalue weighted by Gasteiger charge is -2.09. The molecule has 0 aliphatic rings. The van der Waals surface area contributed by atoms with E-state index in [4.69, 9.17) is 21.1 Å². The Morgan fingerprint density at radius 1 is 1.41 bits per heavy atom. The zero-order valence-corrected chi connectivity index (χ0v) is 11.5. The fraction of sp³-hybridized carbons (Fsp3) is 0.182. The molecule has 0 spiro atoms. The minimum atomic E-state index is -0.631. The second-order valence-corrected chi connectivity index (χ2v) is 4.18. The normalized spacial score (nSPS) is 10.9. The number of rotatable bonds is 4. The van der Waals surface area contributed by atoms with Crippen molar-refractivity contribution in [3.63, 3.8) is 0 Å². The highest BCUT2D eigenvalue weighted by Crippen LogP contribution is 2.29. The number of benzene rings is 1. The van der Waals surface area contributed by atoms with Crippen LogP contribution < -0.4 is 4.74 Å². The number of ether oxygens (including phenoxy) is 3. The number of carbonyl (C=O) groups excluding carboxylic acids is 1. The first-order chi connectivity index (χ1) is 8.08. The van der Waals surface area contributed by atoms with Gasteiger partial charge < -0.3 is 14.2 Å². The summed E-state index contributed by atoms with van der Waals surface area (Å²) in [6.45, 7) is 0. The van der Waals surface area contributed by atoms with Gasteiger partial charge in [-0.25, -0.2) is 4.79 Å². The maximum absolute atomic E-state index is 11.3. The summed E-state index contributed by atoms with van der Waals surface area (Å²) in [6.07, 6.45) is 1.16. The maximum Gasteiger partial charge on any atom is 0.377 e. The van der Waals surface area contributed by atoms with Crippen LogP contribution >= 0.6 is 27.5 Å². The van der Waals surface area contributed by atoms with Crippen molar-refractivity contribution in [2.75, 3.05) is 14.2 Å². The van der Waals surface area contributed by atoms with Crippen molar-refractivity contribution in [1.82, 2.24) is 0 Å². The molecular weight excluding hydrogens is 311 g/mol. The van der Waals surface area contributed by atoms with Crippen LogP contribution in [0, 0.1) is 0 Å². The molecule has 1 rings (SSSR count). The van der Waals surface area contributed by atoms with E-state index in [0.29, 0.717) is 15.2 Å². The molecule has 4 nitrogen and oxygen atoms in total. The summed E-state index contributed by atoms with van der Waals surface area (Å²) in [4.78, 5) is 11.3. The van der Waals surface area contributed by atoms with Crippen molar-refractivity contribution in [2.24, 2.45) is 0 Å². The molecule has 0 saturated heterocycles. The van der Waals surface area contributed by atoms with Gasteiger partial charge in [0.15, 0.2) is 0 Å². The molecule has 0 amide bonds. The van der Waals surface area contributed by atoms with Gasteiger partial charge in [0.2, 0.25) is 5.76 Å². The Morgan fingerprint density at radius 3 is 2.65 bits per heavy atom. The Kier molecular flexibility index (Phi) is 5.31. The van der Waals surface area contributed by atoms with Gasteiger partial charge in [-0.3, -0.25) is 0 Å². The van der Waals surface area contributed by atoms with Gasteiger partial charge >= 0.3 is 5.97 Å².